The van der Waals surface area contributed by atoms with Crippen LogP contribution in [0.15, 0.2) is 30.5 Å². The molecule has 0 spiro atoms. The number of carbonyl (C=O) groups excluding carboxylic acids is 1. The Morgan fingerprint density at radius 1 is 1.43 bits per heavy atom. The van der Waals surface area contributed by atoms with E-state index in [9.17, 15) is 4.79 Å². The Morgan fingerprint density at radius 2 is 2.19 bits per heavy atom. The quantitative estimate of drug-likeness (QED) is 0.857. The van der Waals surface area contributed by atoms with E-state index in [1.807, 2.05) is 45.0 Å². The fourth-order valence-electron chi connectivity index (χ4n) is 2.05. The minimum Gasteiger partial charge on any atom is -0.491 e. The Bertz CT molecular complexity index is 607. The second-order valence-corrected chi connectivity index (χ2v) is 5.07. The van der Waals surface area contributed by atoms with Crippen molar-refractivity contribution in [2.75, 3.05) is 6.61 Å². The minimum atomic E-state index is -0.124. The van der Waals surface area contributed by atoms with Gasteiger partial charge in [0.05, 0.1) is 17.8 Å². The Labute approximate surface area is 124 Å². The Morgan fingerprint density at radius 3 is 2.90 bits per heavy atom. The highest BCUT2D eigenvalue weighted by Gasteiger charge is 2.15. The van der Waals surface area contributed by atoms with Gasteiger partial charge in [-0.15, -0.1) is 0 Å². The van der Waals surface area contributed by atoms with Crippen molar-refractivity contribution in [3.05, 3.63) is 47.3 Å². The molecule has 5 heteroatoms. The number of nitrogens with one attached hydrogen (secondary N) is 2. The highest BCUT2D eigenvalue weighted by atomic mass is 16.5. The van der Waals surface area contributed by atoms with Gasteiger partial charge in [-0.2, -0.15) is 5.10 Å². The zero-order chi connectivity index (χ0) is 15.2. The number of hydrogen-bond acceptors (Lipinski definition) is 3. The number of aromatic amines is 1. The van der Waals surface area contributed by atoms with E-state index >= 15 is 0 Å². The number of H-pyrrole nitrogens is 1. The minimum absolute atomic E-state index is 0.0864. The van der Waals surface area contributed by atoms with Gasteiger partial charge in [-0.3, -0.25) is 9.89 Å². The molecule has 2 rings (SSSR count). The lowest BCUT2D eigenvalue weighted by atomic mass is 10.2. The van der Waals surface area contributed by atoms with Crippen molar-refractivity contribution in [1.29, 1.82) is 0 Å². The van der Waals surface area contributed by atoms with Crippen molar-refractivity contribution in [3.8, 4) is 5.75 Å². The second-order valence-electron chi connectivity index (χ2n) is 5.07. The molecule has 0 aliphatic heterocycles. The number of benzene rings is 1. The molecular weight excluding hydrogens is 266 g/mol. The molecule has 0 unspecified atom stereocenters. The van der Waals surface area contributed by atoms with E-state index in [1.165, 1.54) is 0 Å². The number of hydrogen-bond donors (Lipinski definition) is 2. The largest absolute Gasteiger partial charge is 0.491 e. The Hall–Kier alpha value is -2.30. The molecule has 0 fully saturated rings. The number of rotatable bonds is 6. The lowest BCUT2D eigenvalue weighted by Gasteiger charge is -2.16. The molecule has 21 heavy (non-hydrogen) atoms. The van der Waals surface area contributed by atoms with Gasteiger partial charge in [0.1, 0.15) is 12.4 Å². The molecule has 0 saturated carbocycles. The van der Waals surface area contributed by atoms with E-state index < -0.39 is 0 Å². The van der Waals surface area contributed by atoms with Crippen molar-refractivity contribution in [3.63, 3.8) is 0 Å². The third-order valence-corrected chi connectivity index (χ3v) is 3.28. The first-order valence-electron chi connectivity index (χ1n) is 7.13. The van der Waals surface area contributed by atoms with Gasteiger partial charge in [0.25, 0.3) is 5.91 Å². The SMILES string of the molecule is CCc1[nH]ncc1C(=O)N[C@H](C)COc1ccccc1C. The summed E-state index contributed by atoms with van der Waals surface area (Å²) in [6, 6.07) is 7.74. The average molecular weight is 287 g/mol. The summed E-state index contributed by atoms with van der Waals surface area (Å²) in [6.07, 6.45) is 2.31. The van der Waals surface area contributed by atoms with Gasteiger partial charge in [0.15, 0.2) is 0 Å². The Balaban J connectivity index is 1.89. The number of aromatic nitrogens is 2. The van der Waals surface area contributed by atoms with Gasteiger partial charge in [-0.25, -0.2) is 0 Å². The van der Waals surface area contributed by atoms with Crippen LogP contribution in [0.3, 0.4) is 0 Å². The molecule has 1 heterocycles. The van der Waals surface area contributed by atoms with Crippen molar-refractivity contribution in [2.45, 2.75) is 33.2 Å². The van der Waals surface area contributed by atoms with Crippen LogP contribution in [0, 0.1) is 6.92 Å². The van der Waals surface area contributed by atoms with E-state index in [1.54, 1.807) is 6.20 Å². The highest BCUT2D eigenvalue weighted by Crippen LogP contribution is 2.16. The third kappa shape index (κ3) is 3.84. The predicted octanol–water partition coefficient (Wildman–Crippen LogP) is 2.48. The summed E-state index contributed by atoms with van der Waals surface area (Å²) in [5.41, 5.74) is 2.53. The molecule has 1 aromatic heterocycles. The van der Waals surface area contributed by atoms with Crippen molar-refractivity contribution in [1.82, 2.24) is 15.5 Å². The van der Waals surface area contributed by atoms with Crippen molar-refractivity contribution < 1.29 is 9.53 Å². The molecule has 2 N–H and O–H groups in total. The lowest BCUT2D eigenvalue weighted by molar-refractivity contribution is 0.0925. The summed E-state index contributed by atoms with van der Waals surface area (Å²) in [5, 5.41) is 9.67. The monoisotopic (exact) mass is 287 g/mol. The van der Waals surface area contributed by atoms with Gasteiger partial charge >= 0.3 is 0 Å². The van der Waals surface area contributed by atoms with E-state index in [4.69, 9.17) is 4.74 Å². The van der Waals surface area contributed by atoms with Crippen LogP contribution in [0.25, 0.3) is 0 Å². The molecule has 112 valence electrons. The van der Waals surface area contributed by atoms with E-state index in [0.717, 1.165) is 23.4 Å². The van der Waals surface area contributed by atoms with E-state index in [2.05, 4.69) is 15.5 Å². The van der Waals surface area contributed by atoms with E-state index in [-0.39, 0.29) is 11.9 Å². The summed E-state index contributed by atoms with van der Waals surface area (Å²) in [4.78, 5) is 12.1. The molecule has 5 nitrogen and oxygen atoms in total. The molecule has 0 saturated heterocycles. The first-order chi connectivity index (χ1) is 10.1. The number of amides is 1. The van der Waals surface area contributed by atoms with Crippen LogP contribution >= 0.6 is 0 Å². The topological polar surface area (TPSA) is 67.0 Å². The van der Waals surface area contributed by atoms with Gasteiger partial charge in [-0.1, -0.05) is 25.1 Å². The van der Waals surface area contributed by atoms with Crippen molar-refractivity contribution >= 4 is 5.91 Å². The first-order valence-corrected chi connectivity index (χ1v) is 7.13. The average Bonchev–Trinajstić information content (AvgIpc) is 2.95. The zero-order valence-electron chi connectivity index (χ0n) is 12.6. The van der Waals surface area contributed by atoms with Gasteiger partial charge in [0, 0.05) is 5.69 Å². The maximum absolute atomic E-state index is 12.1. The molecule has 1 aromatic carbocycles. The fraction of sp³-hybridized carbons (Fsp3) is 0.375. The van der Waals surface area contributed by atoms with Crippen LogP contribution in [-0.4, -0.2) is 28.8 Å². The molecule has 0 radical (unpaired) electrons. The highest BCUT2D eigenvalue weighted by molar-refractivity contribution is 5.95. The fourth-order valence-corrected chi connectivity index (χ4v) is 2.05. The standard InChI is InChI=1S/C16H21N3O2/c1-4-14-13(9-17-19-14)16(20)18-12(3)10-21-15-8-6-5-7-11(15)2/h5-9,12H,4,10H2,1-3H3,(H,17,19)(H,18,20)/t12-/m1/s1. The third-order valence-electron chi connectivity index (χ3n) is 3.28. The second kappa shape index (κ2) is 6.92. The van der Waals surface area contributed by atoms with Crippen LogP contribution in [-0.2, 0) is 6.42 Å². The van der Waals surface area contributed by atoms with Gasteiger partial charge in [0.2, 0.25) is 0 Å². The summed E-state index contributed by atoms with van der Waals surface area (Å²) < 4.78 is 5.74. The van der Waals surface area contributed by atoms with Crippen LogP contribution in [0.4, 0.5) is 0 Å². The maximum atomic E-state index is 12.1. The smallest absolute Gasteiger partial charge is 0.255 e. The lowest BCUT2D eigenvalue weighted by Crippen LogP contribution is -2.37. The maximum Gasteiger partial charge on any atom is 0.255 e. The summed E-state index contributed by atoms with van der Waals surface area (Å²) >= 11 is 0. The molecular formula is C16H21N3O2. The summed E-state index contributed by atoms with van der Waals surface area (Å²) in [7, 11) is 0. The van der Waals surface area contributed by atoms with Crippen LogP contribution < -0.4 is 10.1 Å². The predicted molar refractivity (Wildman–Crippen MR) is 81.6 cm³/mol. The molecule has 0 bridgehead atoms. The molecule has 0 aliphatic rings. The van der Waals surface area contributed by atoms with Crippen LogP contribution in [0.2, 0.25) is 0 Å². The normalized spacial score (nSPS) is 12.0. The zero-order valence-corrected chi connectivity index (χ0v) is 12.6. The van der Waals surface area contributed by atoms with Gasteiger partial charge < -0.3 is 10.1 Å². The summed E-state index contributed by atoms with van der Waals surface area (Å²) in [5.74, 6) is 0.720. The molecule has 0 aliphatic carbocycles. The first kappa shape index (κ1) is 15.1. The van der Waals surface area contributed by atoms with Gasteiger partial charge in [-0.05, 0) is 31.9 Å². The Kier molecular flexibility index (Phi) is 4.98. The molecule has 1 atom stereocenters. The van der Waals surface area contributed by atoms with Crippen molar-refractivity contribution in [2.24, 2.45) is 0 Å². The van der Waals surface area contributed by atoms with Crippen LogP contribution in [0.5, 0.6) is 5.75 Å². The van der Waals surface area contributed by atoms with E-state index in [0.29, 0.717) is 12.2 Å². The molecule has 1 amide bonds. The number of para-hydroxylation sites is 1. The van der Waals surface area contributed by atoms with Crippen LogP contribution in [0.1, 0.15) is 35.5 Å². The number of aryl methyl sites for hydroxylation is 2. The molecule has 2 aromatic rings. The summed E-state index contributed by atoms with van der Waals surface area (Å²) in [6.45, 7) is 6.32. The number of nitrogens with zero attached hydrogens (tertiary/aromatic N) is 1. The number of ether oxygens (including phenoxy) is 1. The number of carbonyl (C=O) groups is 1.